The molecule has 2 N–H and O–H groups in total. The van der Waals surface area contributed by atoms with Crippen LogP contribution in [-0.2, 0) is 16.0 Å². The van der Waals surface area contributed by atoms with E-state index in [0.29, 0.717) is 23.5 Å². The zero-order valence-corrected chi connectivity index (χ0v) is 18.8. The van der Waals surface area contributed by atoms with Crippen molar-refractivity contribution in [3.8, 4) is 11.5 Å². The Labute approximate surface area is 188 Å². The summed E-state index contributed by atoms with van der Waals surface area (Å²) in [4.78, 5) is 14.4. The fourth-order valence-corrected chi connectivity index (χ4v) is 3.90. The van der Waals surface area contributed by atoms with Gasteiger partial charge >= 0.3 is 5.97 Å². The normalized spacial score (nSPS) is 33.2. The molecule has 6 nitrogen and oxygen atoms in total. The van der Waals surface area contributed by atoms with E-state index < -0.39 is 42.9 Å². The molecule has 3 rings (SSSR count). The molecule has 0 bridgehead atoms. The van der Waals surface area contributed by atoms with Gasteiger partial charge in [-0.1, -0.05) is 27.7 Å². The first-order valence-corrected chi connectivity index (χ1v) is 10.6. The molecule has 4 atom stereocenters. The molecule has 2 aliphatic rings. The molecule has 0 spiro atoms. The first-order chi connectivity index (χ1) is 16.1. The molecule has 1 aromatic rings. The Morgan fingerprint density at radius 1 is 1.27 bits per heavy atom. The first-order valence-electron chi connectivity index (χ1n) is 13.1. The van der Waals surface area contributed by atoms with Crippen molar-refractivity contribution in [2.45, 2.75) is 65.1 Å². The number of piperidine rings is 1. The van der Waals surface area contributed by atoms with Crippen LogP contribution in [0.2, 0.25) is 0 Å². The zero-order chi connectivity index (χ0) is 26.5. The van der Waals surface area contributed by atoms with E-state index in [1.807, 2.05) is 13.8 Å². The van der Waals surface area contributed by atoms with Crippen molar-refractivity contribution < 1.29 is 25.9 Å². The third kappa shape index (κ3) is 4.75. The highest BCUT2D eigenvalue weighted by Gasteiger charge is 2.41. The number of benzene rings is 1. The number of fused-ring (bicyclic) bond motifs is 3. The van der Waals surface area contributed by atoms with Gasteiger partial charge in [0.2, 0.25) is 0 Å². The van der Waals surface area contributed by atoms with Crippen molar-refractivity contribution in [3.05, 3.63) is 23.3 Å². The van der Waals surface area contributed by atoms with Gasteiger partial charge in [-0.3, -0.25) is 9.69 Å². The lowest BCUT2D eigenvalue weighted by molar-refractivity contribution is -0.160. The number of esters is 1. The number of carbonyl (C=O) groups is 1. The fourth-order valence-electron chi connectivity index (χ4n) is 3.90. The van der Waals surface area contributed by atoms with Crippen molar-refractivity contribution in [2.24, 2.45) is 23.5 Å². The quantitative estimate of drug-likeness (QED) is 0.676. The number of methoxy groups -OCH3 is 2. The predicted molar refractivity (Wildman–Crippen MR) is 118 cm³/mol. The Morgan fingerprint density at radius 3 is 2.53 bits per heavy atom. The van der Waals surface area contributed by atoms with E-state index in [0.717, 1.165) is 5.56 Å². The van der Waals surface area contributed by atoms with Gasteiger partial charge in [0.1, 0.15) is 12.1 Å². The Bertz CT molecular complexity index is 958. The molecule has 2 aliphatic heterocycles. The SMILES string of the molecule is [2H]C1([2H])C2c3cc(OC)c(OC)cc3CCN2C([2H])([2H])C([2H])(CC(C)C)C1OC(=O)[C@@H](N)C(C)C. The summed E-state index contributed by atoms with van der Waals surface area (Å²) >= 11 is 0. The van der Waals surface area contributed by atoms with Crippen LogP contribution in [0.15, 0.2) is 12.1 Å². The first kappa shape index (κ1) is 16.8. The average molecular weight is 424 g/mol. The lowest BCUT2D eigenvalue weighted by atomic mass is 9.79. The minimum atomic E-state index is -2.30. The molecule has 3 unspecified atom stereocenters. The van der Waals surface area contributed by atoms with Gasteiger partial charge in [-0.25, -0.2) is 0 Å². The van der Waals surface area contributed by atoms with Crippen molar-refractivity contribution in [3.63, 3.8) is 0 Å². The van der Waals surface area contributed by atoms with Gasteiger partial charge < -0.3 is 19.9 Å². The van der Waals surface area contributed by atoms with Crippen LogP contribution in [0.25, 0.3) is 0 Å². The minimum Gasteiger partial charge on any atom is -0.493 e. The molecule has 0 aromatic heterocycles. The van der Waals surface area contributed by atoms with Crippen LogP contribution in [0.5, 0.6) is 11.5 Å². The maximum atomic E-state index is 12.9. The molecule has 0 aliphatic carbocycles. The summed E-state index contributed by atoms with van der Waals surface area (Å²) < 4.78 is 62.6. The number of carbonyl (C=O) groups excluding carboxylic acids is 1. The third-order valence-electron chi connectivity index (χ3n) is 5.64. The minimum absolute atomic E-state index is 0.00359. The van der Waals surface area contributed by atoms with Crippen LogP contribution >= 0.6 is 0 Å². The maximum Gasteiger partial charge on any atom is 0.323 e. The van der Waals surface area contributed by atoms with Gasteiger partial charge in [0.05, 0.1) is 14.2 Å². The summed E-state index contributed by atoms with van der Waals surface area (Å²) in [5.41, 5.74) is 7.34. The molecule has 168 valence electrons. The van der Waals surface area contributed by atoms with Gasteiger partial charge in [0.25, 0.3) is 0 Å². The molecule has 30 heavy (non-hydrogen) atoms. The highest BCUT2D eigenvalue weighted by atomic mass is 16.5. The Hall–Kier alpha value is -1.79. The standard InChI is InChI=1S/C24H38N2O4/c1-14(2)9-17-13-26-8-7-16-10-21(28-5)22(29-6)11-18(16)19(26)12-20(17)30-24(27)23(25)15(3)4/h10-11,14-15,17,19-20,23H,7-9,12-13,25H2,1-6H3/t17?,19?,20?,23-/m0/s1/i12D2,13D2,17D. The molecule has 0 amide bonds. The summed E-state index contributed by atoms with van der Waals surface area (Å²) in [7, 11) is 3.00. The second kappa shape index (κ2) is 9.56. The second-order valence-corrected chi connectivity index (χ2v) is 8.74. The van der Waals surface area contributed by atoms with E-state index in [-0.39, 0.29) is 24.8 Å². The summed E-state index contributed by atoms with van der Waals surface area (Å²) in [6.45, 7) is 5.09. The second-order valence-electron chi connectivity index (χ2n) is 8.74. The van der Waals surface area contributed by atoms with Crippen molar-refractivity contribution in [1.82, 2.24) is 4.90 Å². The summed E-state index contributed by atoms with van der Waals surface area (Å²) in [6, 6.07) is 1.32. The van der Waals surface area contributed by atoms with E-state index in [4.69, 9.17) is 22.7 Å². The number of rotatable bonds is 7. The van der Waals surface area contributed by atoms with E-state index in [2.05, 4.69) is 0 Å². The molecule has 1 fully saturated rings. The lowest BCUT2D eigenvalue weighted by Crippen LogP contribution is -2.51. The van der Waals surface area contributed by atoms with E-state index >= 15 is 0 Å². The van der Waals surface area contributed by atoms with Gasteiger partial charge in [-0.2, -0.15) is 0 Å². The van der Waals surface area contributed by atoms with Crippen LogP contribution in [0.1, 0.15) is 64.5 Å². The summed E-state index contributed by atoms with van der Waals surface area (Å²) in [5.74, 6) is -2.41. The van der Waals surface area contributed by atoms with Gasteiger partial charge in [-0.15, -0.1) is 0 Å². The highest BCUT2D eigenvalue weighted by molar-refractivity contribution is 5.76. The van der Waals surface area contributed by atoms with Crippen molar-refractivity contribution in [1.29, 1.82) is 0 Å². The smallest absolute Gasteiger partial charge is 0.323 e. The zero-order valence-electron chi connectivity index (χ0n) is 23.8. The third-order valence-corrected chi connectivity index (χ3v) is 5.64. The van der Waals surface area contributed by atoms with Crippen LogP contribution in [0.3, 0.4) is 0 Å². The fraction of sp³-hybridized carbons (Fsp3) is 0.708. The Balaban J connectivity index is 2.22. The lowest BCUT2D eigenvalue weighted by Gasteiger charge is -2.47. The molecule has 2 heterocycles. The summed E-state index contributed by atoms with van der Waals surface area (Å²) in [5, 5.41) is 0. The van der Waals surface area contributed by atoms with Gasteiger partial charge in [0.15, 0.2) is 11.5 Å². The largest absolute Gasteiger partial charge is 0.493 e. The molecule has 0 saturated carbocycles. The summed E-state index contributed by atoms with van der Waals surface area (Å²) in [6.07, 6.45) is -3.55. The van der Waals surface area contributed by atoms with Crippen LogP contribution in [-0.4, -0.2) is 50.3 Å². The molecular formula is C24H38N2O4. The molecule has 6 heteroatoms. The Morgan fingerprint density at radius 2 is 1.93 bits per heavy atom. The number of hydrogen-bond acceptors (Lipinski definition) is 6. The van der Waals surface area contributed by atoms with Crippen molar-refractivity contribution >= 4 is 5.97 Å². The van der Waals surface area contributed by atoms with Gasteiger partial charge in [-0.05, 0) is 47.9 Å². The molecular weight excluding hydrogens is 380 g/mol. The Kier molecular flexibility index (Phi) is 5.37. The maximum absolute atomic E-state index is 12.9. The van der Waals surface area contributed by atoms with Crippen LogP contribution < -0.4 is 15.2 Å². The van der Waals surface area contributed by atoms with E-state index in [1.165, 1.54) is 19.1 Å². The molecule has 1 aromatic carbocycles. The average Bonchev–Trinajstić information content (AvgIpc) is 2.78. The molecule has 0 radical (unpaired) electrons. The van der Waals surface area contributed by atoms with Crippen LogP contribution in [0.4, 0.5) is 0 Å². The van der Waals surface area contributed by atoms with E-state index in [9.17, 15) is 8.91 Å². The molecule has 1 saturated heterocycles. The number of nitrogens with two attached hydrogens (primary N) is 1. The van der Waals surface area contributed by atoms with Crippen molar-refractivity contribution in [2.75, 3.05) is 27.3 Å². The van der Waals surface area contributed by atoms with Gasteiger partial charge in [0, 0.05) is 38.2 Å². The van der Waals surface area contributed by atoms with Crippen LogP contribution in [0, 0.1) is 17.7 Å². The number of hydrogen-bond donors (Lipinski definition) is 1. The monoisotopic (exact) mass is 423 g/mol. The van der Waals surface area contributed by atoms with E-state index in [1.54, 1.807) is 26.0 Å². The number of nitrogens with zero attached hydrogens (tertiary/aromatic N) is 1. The number of ether oxygens (including phenoxy) is 3. The topological polar surface area (TPSA) is 74.0 Å². The highest BCUT2D eigenvalue weighted by Crippen LogP contribution is 2.44. The predicted octanol–water partition coefficient (Wildman–Crippen LogP) is 3.56.